The van der Waals surface area contributed by atoms with Crippen LogP contribution in [0.3, 0.4) is 0 Å². The molecule has 1 aromatic heterocycles. The Morgan fingerprint density at radius 1 is 1.18 bits per heavy atom. The number of aromatic nitrogens is 2. The van der Waals surface area contributed by atoms with Crippen LogP contribution in [-0.2, 0) is 0 Å². The van der Waals surface area contributed by atoms with E-state index in [1.54, 1.807) is 0 Å². The number of benzene rings is 1. The van der Waals surface area contributed by atoms with Crippen LogP contribution in [0.5, 0.6) is 0 Å². The van der Waals surface area contributed by atoms with Crippen molar-refractivity contribution in [3.8, 4) is 11.3 Å². The van der Waals surface area contributed by atoms with Gasteiger partial charge in [0.25, 0.3) is 0 Å². The molecule has 0 unspecified atom stereocenters. The molecule has 17 heavy (non-hydrogen) atoms. The van der Waals surface area contributed by atoms with E-state index >= 15 is 0 Å². The summed E-state index contributed by atoms with van der Waals surface area (Å²) >= 11 is 0. The highest BCUT2D eigenvalue weighted by atomic mass is 19.1. The van der Waals surface area contributed by atoms with Gasteiger partial charge in [-0.1, -0.05) is 30.3 Å². The van der Waals surface area contributed by atoms with Gasteiger partial charge in [0.05, 0.1) is 0 Å². The largest absolute Gasteiger partial charge is 0.362 e. The normalized spacial score (nSPS) is 11.5. The van der Waals surface area contributed by atoms with Crippen molar-refractivity contribution >= 4 is 5.82 Å². The molecule has 2 aromatic rings. The average molecular weight is 233 g/mol. The Kier molecular flexibility index (Phi) is 2.88. The van der Waals surface area contributed by atoms with Crippen molar-refractivity contribution in [3.63, 3.8) is 0 Å². The second-order valence-electron chi connectivity index (χ2n) is 5.00. The number of H-pyrrole nitrogens is 1. The first-order valence-corrected chi connectivity index (χ1v) is 5.55. The number of hydrogen-bond donors (Lipinski definition) is 2. The van der Waals surface area contributed by atoms with E-state index in [4.69, 9.17) is 0 Å². The zero-order valence-corrected chi connectivity index (χ0v) is 10.2. The molecule has 0 aliphatic rings. The first kappa shape index (κ1) is 11.6. The van der Waals surface area contributed by atoms with Gasteiger partial charge < -0.3 is 5.32 Å². The summed E-state index contributed by atoms with van der Waals surface area (Å²) in [6.45, 7) is 5.88. The maximum Gasteiger partial charge on any atom is 0.192 e. The Morgan fingerprint density at radius 3 is 2.41 bits per heavy atom. The summed E-state index contributed by atoms with van der Waals surface area (Å²) in [5.41, 5.74) is 0.987. The van der Waals surface area contributed by atoms with Crippen molar-refractivity contribution in [2.45, 2.75) is 26.3 Å². The van der Waals surface area contributed by atoms with Crippen LogP contribution in [0.4, 0.5) is 10.2 Å². The molecule has 3 nitrogen and oxygen atoms in total. The van der Waals surface area contributed by atoms with Gasteiger partial charge in [-0.25, -0.2) is 4.39 Å². The van der Waals surface area contributed by atoms with Gasteiger partial charge in [-0.3, -0.25) is 5.10 Å². The Labute approximate surface area is 100 Å². The van der Waals surface area contributed by atoms with Crippen LogP contribution in [0.25, 0.3) is 11.3 Å². The molecule has 1 aromatic carbocycles. The van der Waals surface area contributed by atoms with Gasteiger partial charge >= 0.3 is 0 Å². The molecule has 2 N–H and O–H groups in total. The van der Waals surface area contributed by atoms with Crippen molar-refractivity contribution in [2.75, 3.05) is 5.32 Å². The van der Waals surface area contributed by atoms with Gasteiger partial charge in [-0.05, 0) is 20.8 Å². The molecule has 2 rings (SSSR count). The molecule has 0 saturated carbocycles. The number of anilines is 1. The topological polar surface area (TPSA) is 40.7 Å². The van der Waals surface area contributed by atoms with E-state index in [1.807, 2.05) is 51.1 Å². The zero-order valence-electron chi connectivity index (χ0n) is 10.2. The second kappa shape index (κ2) is 4.20. The highest BCUT2D eigenvalue weighted by Gasteiger charge is 2.18. The number of rotatable bonds is 2. The summed E-state index contributed by atoms with van der Waals surface area (Å²) in [6.07, 6.45) is 0. The minimum Gasteiger partial charge on any atom is -0.362 e. The Bertz CT molecular complexity index is 497. The summed E-state index contributed by atoms with van der Waals surface area (Å²) in [5, 5.41) is 9.71. The number of aromatic amines is 1. The predicted octanol–water partition coefficient (Wildman–Crippen LogP) is 3.43. The molecule has 0 bridgehead atoms. The van der Waals surface area contributed by atoms with Crippen molar-refractivity contribution in [1.29, 1.82) is 0 Å². The molecule has 0 saturated heterocycles. The van der Waals surface area contributed by atoms with Gasteiger partial charge in [-0.2, -0.15) is 5.10 Å². The molecule has 0 radical (unpaired) electrons. The highest BCUT2D eigenvalue weighted by Crippen LogP contribution is 2.26. The molecule has 4 heteroatoms. The molecule has 0 atom stereocenters. The average Bonchev–Trinajstić information content (AvgIpc) is 2.60. The summed E-state index contributed by atoms with van der Waals surface area (Å²) in [7, 11) is 0. The summed E-state index contributed by atoms with van der Waals surface area (Å²) in [4.78, 5) is 0. The minimum absolute atomic E-state index is 0.218. The van der Waals surface area contributed by atoms with Crippen LogP contribution >= 0.6 is 0 Å². The Morgan fingerprint density at radius 2 is 1.82 bits per heavy atom. The molecule has 0 fully saturated rings. The summed E-state index contributed by atoms with van der Waals surface area (Å²) in [5.74, 6) is -0.0810. The smallest absolute Gasteiger partial charge is 0.192 e. The number of nitrogens with one attached hydrogen (secondary N) is 2. The standard InChI is InChI=1S/C13H16FN3/c1-13(2,3)15-12-10(14)11(16-17-12)9-7-5-4-6-8-9/h4-8H,1-3H3,(H2,15,16,17). The third-order valence-corrected chi connectivity index (χ3v) is 2.26. The molecular weight excluding hydrogens is 217 g/mol. The molecule has 0 spiro atoms. The molecule has 0 aliphatic carbocycles. The minimum atomic E-state index is -0.342. The third kappa shape index (κ3) is 2.64. The molecule has 0 aliphatic heterocycles. The summed E-state index contributed by atoms with van der Waals surface area (Å²) in [6, 6.07) is 9.32. The van der Waals surface area contributed by atoms with Gasteiger partial charge in [0.2, 0.25) is 0 Å². The van der Waals surface area contributed by atoms with Crippen LogP contribution in [-0.4, -0.2) is 15.7 Å². The van der Waals surface area contributed by atoms with Crippen molar-refractivity contribution in [3.05, 3.63) is 36.1 Å². The number of hydrogen-bond acceptors (Lipinski definition) is 2. The lowest BCUT2D eigenvalue weighted by Crippen LogP contribution is -2.26. The quantitative estimate of drug-likeness (QED) is 0.834. The van der Waals surface area contributed by atoms with Gasteiger partial charge in [-0.15, -0.1) is 0 Å². The van der Waals surface area contributed by atoms with E-state index in [-0.39, 0.29) is 17.2 Å². The fourth-order valence-corrected chi connectivity index (χ4v) is 1.56. The summed E-state index contributed by atoms with van der Waals surface area (Å²) < 4.78 is 14.1. The fourth-order valence-electron chi connectivity index (χ4n) is 1.56. The van der Waals surface area contributed by atoms with E-state index in [1.165, 1.54) is 0 Å². The fraction of sp³-hybridized carbons (Fsp3) is 0.308. The van der Waals surface area contributed by atoms with Crippen LogP contribution in [0.1, 0.15) is 20.8 Å². The van der Waals surface area contributed by atoms with Crippen molar-refractivity contribution < 1.29 is 4.39 Å². The maximum absolute atomic E-state index is 14.1. The van der Waals surface area contributed by atoms with Crippen molar-refractivity contribution in [2.24, 2.45) is 0 Å². The lowest BCUT2D eigenvalue weighted by atomic mass is 10.1. The second-order valence-corrected chi connectivity index (χ2v) is 5.00. The molecule has 1 heterocycles. The highest BCUT2D eigenvalue weighted by molar-refractivity contribution is 5.64. The Hall–Kier alpha value is -1.84. The first-order valence-electron chi connectivity index (χ1n) is 5.55. The van der Waals surface area contributed by atoms with Gasteiger partial charge in [0.15, 0.2) is 11.6 Å². The van der Waals surface area contributed by atoms with E-state index in [9.17, 15) is 4.39 Å². The van der Waals surface area contributed by atoms with E-state index < -0.39 is 0 Å². The van der Waals surface area contributed by atoms with Gasteiger partial charge in [0.1, 0.15) is 5.69 Å². The lowest BCUT2D eigenvalue weighted by molar-refractivity contribution is 0.599. The van der Waals surface area contributed by atoms with E-state index in [0.29, 0.717) is 5.69 Å². The predicted molar refractivity (Wildman–Crippen MR) is 67.4 cm³/mol. The number of halogens is 1. The maximum atomic E-state index is 14.1. The van der Waals surface area contributed by atoms with Gasteiger partial charge in [0, 0.05) is 11.1 Å². The molecular formula is C13H16FN3. The molecule has 90 valence electrons. The first-order chi connectivity index (χ1) is 7.97. The van der Waals surface area contributed by atoms with Crippen LogP contribution in [0, 0.1) is 5.82 Å². The van der Waals surface area contributed by atoms with E-state index in [0.717, 1.165) is 5.56 Å². The van der Waals surface area contributed by atoms with Crippen LogP contribution < -0.4 is 5.32 Å². The van der Waals surface area contributed by atoms with Crippen molar-refractivity contribution in [1.82, 2.24) is 10.2 Å². The monoisotopic (exact) mass is 233 g/mol. The van der Waals surface area contributed by atoms with Crippen LogP contribution in [0.15, 0.2) is 30.3 Å². The lowest BCUT2D eigenvalue weighted by Gasteiger charge is -2.19. The SMILES string of the molecule is CC(C)(C)Nc1n[nH]c(-c2ccccc2)c1F. The van der Waals surface area contributed by atoms with Crippen LogP contribution in [0.2, 0.25) is 0 Å². The Balaban J connectivity index is 2.34. The third-order valence-electron chi connectivity index (χ3n) is 2.26. The number of nitrogens with zero attached hydrogens (tertiary/aromatic N) is 1. The van der Waals surface area contributed by atoms with E-state index in [2.05, 4.69) is 15.5 Å². The zero-order chi connectivity index (χ0) is 12.5. The molecule has 0 amide bonds.